The standard InChI is InChI=1S/C14H15N3O3/c1-2-10(13(18)19)16-14(20)17-12-7-3-6-11-9(12)5-4-8-15-11/h3-8,10H,2H2,1H3,(H,18,19)(H2,16,17,20)/t10-/m0/s1. The maximum Gasteiger partial charge on any atom is 0.326 e. The summed E-state index contributed by atoms with van der Waals surface area (Å²) in [6.45, 7) is 1.70. The summed E-state index contributed by atoms with van der Waals surface area (Å²) in [7, 11) is 0. The Bertz CT molecular complexity index is 637. The van der Waals surface area contributed by atoms with Crippen molar-refractivity contribution in [2.24, 2.45) is 0 Å². The molecule has 2 aromatic rings. The van der Waals surface area contributed by atoms with Crippen molar-refractivity contribution in [1.82, 2.24) is 10.3 Å². The van der Waals surface area contributed by atoms with Crippen molar-refractivity contribution in [2.75, 3.05) is 5.32 Å². The van der Waals surface area contributed by atoms with Crippen molar-refractivity contribution >= 4 is 28.6 Å². The number of aliphatic carboxylic acids is 1. The summed E-state index contributed by atoms with van der Waals surface area (Å²) in [6.07, 6.45) is 1.99. The van der Waals surface area contributed by atoms with Crippen molar-refractivity contribution in [3.63, 3.8) is 0 Å². The van der Waals surface area contributed by atoms with Gasteiger partial charge < -0.3 is 15.7 Å². The molecule has 0 aliphatic rings. The topological polar surface area (TPSA) is 91.3 Å². The lowest BCUT2D eigenvalue weighted by molar-refractivity contribution is -0.139. The summed E-state index contributed by atoms with van der Waals surface area (Å²) in [4.78, 5) is 26.9. The fourth-order valence-corrected chi connectivity index (χ4v) is 1.87. The summed E-state index contributed by atoms with van der Waals surface area (Å²) in [5.74, 6) is -1.05. The molecule has 3 N–H and O–H groups in total. The maximum atomic E-state index is 11.8. The van der Waals surface area contributed by atoms with E-state index in [0.29, 0.717) is 12.1 Å². The molecule has 0 unspecified atom stereocenters. The second-order valence-electron chi connectivity index (χ2n) is 4.27. The smallest absolute Gasteiger partial charge is 0.326 e. The molecule has 0 fully saturated rings. The third-order valence-electron chi connectivity index (χ3n) is 2.91. The van der Waals surface area contributed by atoms with E-state index >= 15 is 0 Å². The van der Waals surface area contributed by atoms with E-state index in [4.69, 9.17) is 5.11 Å². The van der Waals surface area contributed by atoms with Crippen molar-refractivity contribution in [3.8, 4) is 0 Å². The zero-order valence-corrected chi connectivity index (χ0v) is 11.0. The molecular formula is C14H15N3O3. The van der Waals surface area contributed by atoms with Crippen molar-refractivity contribution < 1.29 is 14.7 Å². The first kappa shape index (κ1) is 13.8. The molecule has 6 nitrogen and oxygen atoms in total. The quantitative estimate of drug-likeness (QED) is 0.796. The number of aromatic nitrogens is 1. The number of carbonyl (C=O) groups is 2. The van der Waals surface area contributed by atoms with Gasteiger partial charge in [0, 0.05) is 11.6 Å². The van der Waals surface area contributed by atoms with Gasteiger partial charge in [-0.1, -0.05) is 13.0 Å². The molecule has 2 amide bonds. The number of hydrogen-bond donors (Lipinski definition) is 3. The van der Waals surface area contributed by atoms with Crippen LogP contribution in [0, 0.1) is 0 Å². The minimum atomic E-state index is -1.05. The lowest BCUT2D eigenvalue weighted by atomic mass is 10.2. The number of hydrogen-bond acceptors (Lipinski definition) is 3. The summed E-state index contributed by atoms with van der Waals surface area (Å²) < 4.78 is 0. The van der Waals surface area contributed by atoms with Crippen LogP contribution < -0.4 is 10.6 Å². The minimum Gasteiger partial charge on any atom is -0.480 e. The Balaban J connectivity index is 2.16. The molecule has 0 bridgehead atoms. The molecule has 0 spiro atoms. The Morgan fingerprint density at radius 2 is 2.10 bits per heavy atom. The highest BCUT2D eigenvalue weighted by Gasteiger charge is 2.17. The third-order valence-corrected chi connectivity index (χ3v) is 2.91. The number of carboxylic acids is 1. The van der Waals surface area contributed by atoms with Gasteiger partial charge in [-0.05, 0) is 30.7 Å². The van der Waals surface area contributed by atoms with E-state index in [1.165, 1.54) is 0 Å². The van der Waals surface area contributed by atoms with Crippen LogP contribution in [0.25, 0.3) is 10.9 Å². The second kappa shape index (κ2) is 6.01. The fourth-order valence-electron chi connectivity index (χ4n) is 1.87. The van der Waals surface area contributed by atoms with Gasteiger partial charge in [0.25, 0.3) is 0 Å². The molecule has 0 aliphatic heterocycles. The molecule has 1 aromatic carbocycles. The van der Waals surface area contributed by atoms with E-state index < -0.39 is 18.0 Å². The first-order valence-electron chi connectivity index (χ1n) is 6.26. The molecule has 0 aliphatic carbocycles. The van der Waals surface area contributed by atoms with Gasteiger partial charge >= 0.3 is 12.0 Å². The van der Waals surface area contributed by atoms with Crippen LogP contribution in [0.3, 0.4) is 0 Å². The molecule has 1 heterocycles. The normalized spacial score (nSPS) is 11.8. The van der Waals surface area contributed by atoms with Gasteiger partial charge in [-0.2, -0.15) is 0 Å². The summed E-state index contributed by atoms with van der Waals surface area (Å²) in [6, 6.07) is 7.53. The fraction of sp³-hybridized carbons (Fsp3) is 0.214. The molecule has 1 aromatic heterocycles. The van der Waals surface area contributed by atoms with E-state index in [1.54, 1.807) is 31.3 Å². The van der Waals surface area contributed by atoms with Gasteiger partial charge in [-0.3, -0.25) is 4.98 Å². The number of nitrogens with zero attached hydrogens (tertiary/aromatic N) is 1. The minimum absolute atomic E-state index is 0.319. The second-order valence-corrected chi connectivity index (χ2v) is 4.27. The van der Waals surface area contributed by atoms with Crippen molar-refractivity contribution in [2.45, 2.75) is 19.4 Å². The lowest BCUT2D eigenvalue weighted by Crippen LogP contribution is -2.42. The monoisotopic (exact) mass is 273 g/mol. The predicted molar refractivity (Wildman–Crippen MR) is 75.6 cm³/mol. The van der Waals surface area contributed by atoms with Crippen LogP contribution in [-0.4, -0.2) is 28.1 Å². The van der Waals surface area contributed by atoms with Crippen LogP contribution in [0.15, 0.2) is 36.5 Å². The first-order chi connectivity index (χ1) is 9.61. The van der Waals surface area contributed by atoms with Gasteiger partial charge in [-0.25, -0.2) is 9.59 Å². The number of nitrogens with one attached hydrogen (secondary N) is 2. The van der Waals surface area contributed by atoms with Gasteiger partial charge in [0.1, 0.15) is 6.04 Å². The molecule has 2 rings (SSSR count). The molecule has 0 saturated heterocycles. The van der Waals surface area contributed by atoms with E-state index in [0.717, 1.165) is 10.9 Å². The van der Waals surface area contributed by atoms with Gasteiger partial charge in [0.15, 0.2) is 0 Å². The SMILES string of the molecule is CC[C@H](NC(=O)Nc1cccc2ncccc12)C(=O)O. The van der Waals surface area contributed by atoms with E-state index in [-0.39, 0.29) is 0 Å². The van der Waals surface area contributed by atoms with Crippen LogP contribution in [0.4, 0.5) is 10.5 Å². The average molecular weight is 273 g/mol. The Hall–Kier alpha value is -2.63. The van der Waals surface area contributed by atoms with E-state index in [2.05, 4.69) is 15.6 Å². The molecule has 6 heteroatoms. The highest BCUT2D eigenvalue weighted by atomic mass is 16.4. The number of carbonyl (C=O) groups excluding carboxylic acids is 1. The number of amides is 2. The molecular weight excluding hydrogens is 258 g/mol. The van der Waals surface area contributed by atoms with Crippen LogP contribution >= 0.6 is 0 Å². The molecule has 104 valence electrons. The number of urea groups is 1. The van der Waals surface area contributed by atoms with Crippen LogP contribution in [0.2, 0.25) is 0 Å². The number of anilines is 1. The number of carboxylic acid groups (broad SMARTS) is 1. The van der Waals surface area contributed by atoms with E-state index in [9.17, 15) is 9.59 Å². The number of fused-ring (bicyclic) bond motifs is 1. The Morgan fingerprint density at radius 3 is 2.80 bits per heavy atom. The maximum absolute atomic E-state index is 11.8. The first-order valence-corrected chi connectivity index (χ1v) is 6.26. The summed E-state index contributed by atoms with van der Waals surface area (Å²) in [5.41, 5.74) is 1.35. The zero-order valence-electron chi connectivity index (χ0n) is 11.0. The largest absolute Gasteiger partial charge is 0.480 e. The van der Waals surface area contributed by atoms with Crippen LogP contribution in [0.1, 0.15) is 13.3 Å². The molecule has 0 saturated carbocycles. The Kier molecular flexibility index (Phi) is 4.14. The Labute approximate surface area is 115 Å². The third kappa shape index (κ3) is 3.03. The van der Waals surface area contributed by atoms with Crippen molar-refractivity contribution in [1.29, 1.82) is 0 Å². The Morgan fingerprint density at radius 1 is 1.30 bits per heavy atom. The van der Waals surface area contributed by atoms with Gasteiger partial charge in [-0.15, -0.1) is 0 Å². The highest BCUT2D eigenvalue weighted by Crippen LogP contribution is 2.21. The number of pyridine rings is 1. The summed E-state index contributed by atoms with van der Waals surface area (Å²) >= 11 is 0. The number of benzene rings is 1. The lowest BCUT2D eigenvalue weighted by Gasteiger charge is -2.14. The van der Waals surface area contributed by atoms with Crippen LogP contribution in [-0.2, 0) is 4.79 Å². The summed E-state index contributed by atoms with van der Waals surface area (Å²) in [5, 5.41) is 14.8. The predicted octanol–water partition coefficient (Wildman–Crippen LogP) is 2.22. The van der Waals surface area contributed by atoms with E-state index in [1.807, 2.05) is 12.1 Å². The molecule has 1 atom stereocenters. The highest BCUT2D eigenvalue weighted by molar-refractivity contribution is 6.01. The zero-order chi connectivity index (χ0) is 14.5. The average Bonchev–Trinajstić information content (AvgIpc) is 2.45. The molecule has 0 radical (unpaired) electrons. The van der Waals surface area contributed by atoms with Gasteiger partial charge in [0.2, 0.25) is 0 Å². The van der Waals surface area contributed by atoms with Crippen molar-refractivity contribution in [3.05, 3.63) is 36.5 Å². The van der Waals surface area contributed by atoms with Gasteiger partial charge in [0.05, 0.1) is 11.2 Å². The van der Waals surface area contributed by atoms with Crippen LogP contribution in [0.5, 0.6) is 0 Å². The number of rotatable bonds is 4. The molecule has 20 heavy (non-hydrogen) atoms.